The van der Waals surface area contributed by atoms with E-state index in [9.17, 15) is 17.6 Å². The summed E-state index contributed by atoms with van der Waals surface area (Å²) in [6, 6.07) is 4.69. The van der Waals surface area contributed by atoms with Crippen molar-refractivity contribution in [2.24, 2.45) is 0 Å². The van der Waals surface area contributed by atoms with Crippen molar-refractivity contribution >= 4 is 15.8 Å². The molecule has 0 aromatic heterocycles. The minimum atomic E-state index is -3.89. The van der Waals surface area contributed by atoms with Gasteiger partial charge in [-0.05, 0) is 18.2 Å². The molecule has 0 radical (unpaired) electrons. The summed E-state index contributed by atoms with van der Waals surface area (Å²) in [5.41, 5.74) is -0.786. The Hall–Kier alpha value is -1.82. The smallest absolute Gasteiger partial charge is 0.243 e. The minimum Gasteiger partial charge on any atom is -0.364 e. The molecule has 8 heteroatoms. The lowest BCUT2D eigenvalue weighted by Gasteiger charge is -2.45. The summed E-state index contributed by atoms with van der Waals surface area (Å²) in [5, 5.41) is 8.78. The van der Waals surface area contributed by atoms with Crippen molar-refractivity contribution in [2.45, 2.75) is 16.9 Å². The van der Waals surface area contributed by atoms with Crippen molar-refractivity contribution < 1.29 is 22.3 Å². The van der Waals surface area contributed by atoms with E-state index in [1.807, 2.05) is 0 Å². The molecule has 2 saturated heterocycles. The van der Waals surface area contributed by atoms with Gasteiger partial charge in [-0.3, -0.25) is 4.79 Å². The number of nitrogens with zero attached hydrogens (tertiary/aromatic N) is 2. The van der Waals surface area contributed by atoms with Gasteiger partial charge in [0.15, 0.2) is 5.78 Å². The number of hydrogen-bond acceptors (Lipinski definition) is 5. The molecule has 1 spiro atoms. The molecule has 0 unspecified atom stereocenters. The third kappa shape index (κ3) is 2.33. The minimum absolute atomic E-state index is 0.00638. The van der Waals surface area contributed by atoms with Gasteiger partial charge in [-0.15, -0.1) is 0 Å². The van der Waals surface area contributed by atoms with E-state index in [-0.39, 0.29) is 42.4 Å². The van der Waals surface area contributed by atoms with Crippen molar-refractivity contribution in [3.63, 3.8) is 0 Å². The number of nitriles is 1. The zero-order valence-electron chi connectivity index (χ0n) is 10.9. The standard InChI is InChI=1S/C13H11FN2O4S/c14-10-1-9(5-15)2-12(3-10)21(18,19)16-7-13(8-16)4-11(17)6-20-13/h1-3H,4,6-8H2. The third-order valence-corrected chi connectivity index (χ3v) is 5.40. The quantitative estimate of drug-likeness (QED) is 0.790. The summed E-state index contributed by atoms with van der Waals surface area (Å²) in [7, 11) is -3.89. The summed E-state index contributed by atoms with van der Waals surface area (Å²) < 4.78 is 44.6. The SMILES string of the molecule is N#Cc1cc(F)cc(S(=O)(=O)N2CC3(CC(=O)CO3)C2)c1. The van der Waals surface area contributed by atoms with Crippen LogP contribution in [0.1, 0.15) is 12.0 Å². The summed E-state index contributed by atoms with van der Waals surface area (Å²) >= 11 is 0. The number of benzene rings is 1. The predicted molar refractivity (Wildman–Crippen MR) is 68.2 cm³/mol. The number of sulfonamides is 1. The number of ether oxygens (including phenoxy) is 1. The Labute approximate surface area is 120 Å². The fourth-order valence-corrected chi connectivity index (χ4v) is 4.24. The van der Waals surface area contributed by atoms with Gasteiger partial charge in [0.25, 0.3) is 0 Å². The van der Waals surface area contributed by atoms with E-state index < -0.39 is 21.4 Å². The Kier molecular flexibility index (Phi) is 3.09. The summed E-state index contributed by atoms with van der Waals surface area (Å²) in [4.78, 5) is 11.0. The lowest BCUT2D eigenvalue weighted by molar-refractivity contribution is -0.118. The van der Waals surface area contributed by atoms with Gasteiger partial charge in [0.1, 0.15) is 18.0 Å². The topological polar surface area (TPSA) is 87.5 Å². The maximum absolute atomic E-state index is 13.4. The highest BCUT2D eigenvalue weighted by molar-refractivity contribution is 7.89. The molecule has 1 aromatic rings. The molecular formula is C13H11FN2O4S. The molecule has 2 aliphatic rings. The van der Waals surface area contributed by atoms with Crippen LogP contribution in [0.5, 0.6) is 0 Å². The average Bonchev–Trinajstić information content (AvgIpc) is 2.78. The molecule has 2 fully saturated rings. The molecule has 1 aromatic carbocycles. The van der Waals surface area contributed by atoms with Gasteiger partial charge in [0.05, 0.1) is 16.5 Å². The van der Waals surface area contributed by atoms with Crippen LogP contribution < -0.4 is 0 Å². The number of rotatable bonds is 2. The maximum Gasteiger partial charge on any atom is 0.243 e. The second-order valence-electron chi connectivity index (χ2n) is 5.25. The lowest BCUT2D eigenvalue weighted by atomic mass is 9.93. The molecule has 0 bridgehead atoms. The molecule has 0 N–H and O–H groups in total. The van der Waals surface area contributed by atoms with Gasteiger partial charge in [0, 0.05) is 19.5 Å². The van der Waals surface area contributed by atoms with Crippen LogP contribution >= 0.6 is 0 Å². The molecule has 0 saturated carbocycles. The zero-order chi connectivity index (χ0) is 15.3. The first-order valence-corrected chi connectivity index (χ1v) is 7.65. The van der Waals surface area contributed by atoms with Crippen molar-refractivity contribution in [1.29, 1.82) is 5.26 Å². The van der Waals surface area contributed by atoms with Gasteiger partial charge in [-0.1, -0.05) is 0 Å². The normalized spacial score (nSPS) is 21.2. The summed E-state index contributed by atoms with van der Waals surface area (Å²) in [6.45, 7) is 0.144. The largest absolute Gasteiger partial charge is 0.364 e. The van der Waals surface area contributed by atoms with Crippen LogP contribution in [-0.4, -0.2) is 43.8 Å². The van der Waals surface area contributed by atoms with E-state index in [1.165, 1.54) is 0 Å². The fourth-order valence-electron chi connectivity index (χ4n) is 2.59. The zero-order valence-corrected chi connectivity index (χ0v) is 11.7. The Morgan fingerprint density at radius 1 is 1.33 bits per heavy atom. The van der Waals surface area contributed by atoms with Crippen LogP contribution in [0.3, 0.4) is 0 Å². The number of halogens is 1. The van der Waals surface area contributed by atoms with Gasteiger partial charge >= 0.3 is 0 Å². The Morgan fingerprint density at radius 3 is 2.62 bits per heavy atom. The van der Waals surface area contributed by atoms with Crippen LogP contribution in [0.4, 0.5) is 4.39 Å². The van der Waals surface area contributed by atoms with E-state index in [4.69, 9.17) is 10.00 Å². The van der Waals surface area contributed by atoms with Crippen LogP contribution in [0.15, 0.2) is 23.1 Å². The lowest BCUT2D eigenvalue weighted by Crippen LogP contribution is -2.63. The fraction of sp³-hybridized carbons (Fsp3) is 0.385. The molecule has 3 rings (SSSR count). The first-order chi connectivity index (χ1) is 9.84. The Morgan fingerprint density at radius 2 is 2.05 bits per heavy atom. The number of ketones is 1. The molecule has 0 atom stereocenters. The van der Waals surface area contributed by atoms with E-state index in [0.29, 0.717) is 0 Å². The first-order valence-electron chi connectivity index (χ1n) is 6.21. The molecule has 21 heavy (non-hydrogen) atoms. The van der Waals surface area contributed by atoms with Crippen LogP contribution in [0.25, 0.3) is 0 Å². The second-order valence-corrected chi connectivity index (χ2v) is 7.19. The number of carbonyl (C=O) groups excluding carboxylic acids is 1. The Bertz CT molecular complexity index is 763. The molecule has 2 aliphatic heterocycles. The highest BCUT2D eigenvalue weighted by atomic mass is 32.2. The first kappa shape index (κ1) is 14.1. The molecule has 0 amide bonds. The third-order valence-electron chi connectivity index (χ3n) is 3.63. The van der Waals surface area contributed by atoms with E-state index in [1.54, 1.807) is 6.07 Å². The second kappa shape index (κ2) is 4.59. The summed E-state index contributed by atoms with van der Waals surface area (Å²) in [5.74, 6) is -0.834. The maximum atomic E-state index is 13.4. The van der Waals surface area contributed by atoms with Crippen LogP contribution in [0, 0.1) is 17.1 Å². The van der Waals surface area contributed by atoms with Gasteiger partial charge in [0.2, 0.25) is 10.0 Å². The average molecular weight is 310 g/mol. The van der Waals surface area contributed by atoms with Crippen molar-refractivity contribution in [1.82, 2.24) is 4.31 Å². The van der Waals surface area contributed by atoms with Gasteiger partial charge < -0.3 is 4.74 Å². The molecule has 6 nitrogen and oxygen atoms in total. The molecular weight excluding hydrogens is 299 g/mol. The van der Waals surface area contributed by atoms with E-state index >= 15 is 0 Å². The van der Waals surface area contributed by atoms with E-state index in [2.05, 4.69) is 0 Å². The highest BCUT2D eigenvalue weighted by Crippen LogP contribution is 2.37. The van der Waals surface area contributed by atoms with Crippen LogP contribution in [0.2, 0.25) is 0 Å². The Balaban J connectivity index is 1.85. The van der Waals surface area contributed by atoms with E-state index in [0.717, 1.165) is 22.5 Å². The van der Waals surface area contributed by atoms with Crippen molar-refractivity contribution in [3.05, 3.63) is 29.6 Å². The summed E-state index contributed by atoms with van der Waals surface area (Å²) in [6.07, 6.45) is 0.200. The predicted octanol–water partition coefficient (Wildman–Crippen LogP) is 0.430. The molecule has 0 aliphatic carbocycles. The molecule has 110 valence electrons. The number of hydrogen-bond donors (Lipinski definition) is 0. The monoisotopic (exact) mass is 310 g/mol. The number of Topliss-reactive ketones (excluding diaryl/α,β-unsaturated/α-hetero) is 1. The highest BCUT2D eigenvalue weighted by Gasteiger charge is 2.53. The molecule has 2 heterocycles. The number of carbonyl (C=O) groups is 1. The van der Waals surface area contributed by atoms with Crippen molar-refractivity contribution in [2.75, 3.05) is 19.7 Å². The van der Waals surface area contributed by atoms with Crippen molar-refractivity contribution in [3.8, 4) is 6.07 Å². The van der Waals surface area contributed by atoms with Gasteiger partial charge in [-0.2, -0.15) is 9.57 Å². The van der Waals surface area contributed by atoms with Gasteiger partial charge in [-0.25, -0.2) is 12.8 Å². The van der Waals surface area contributed by atoms with Crippen LogP contribution in [-0.2, 0) is 19.6 Å².